The summed E-state index contributed by atoms with van der Waals surface area (Å²) in [5.74, 6) is 2.02. The van der Waals surface area contributed by atoms with Crippen molar-refractivity contribution >= 4 is 16.9 Å². The Balaban J connectivity index is 1.23. The van der Waals surface area contributed by atoms with Crippen LogP contribution in [0.1, 0.15) is 31.0 Å². The Morgan fingerprint density at radius 1 is 1.19 bits per heavy atom. The molecule has 2 aliphatic rings. The first-order valence-electron chi connectivity index (χ1n) is 10.6. The molecule has 1 aliphatic carbocycles. The summed E-state index contributed by atoms with van der Waals surface area (Å²) in [4.78, 5) is 28.3. The summed E-state index contributed by atoms with van der Waals surface area (Å²) < 4.78 is 8.69. The van der Waals surface area contributed by atoms with Crippen molar-refractivity contribution in [1.82, 2.24) is 29.2 Å². The van der Waals surface area contributed by atoms with Crippen LogP contribution < -0.4 is 10.5 Å². The maximum Gasteiger partial charge on any atom is 0.280 e. The Kier molecular flexibility index (Phi) is 3.84. The first kappa shape index (κ1) is 18.3. The predicted octanol–water partition coefficient (Wildman–Crippen LogP) is 2.19. The van der Waals surface area contributed by atoms with Crippen LogP contribution in [-0.2, 0) is 13.6 Å². The molecule has 31 heavy (non-hydrogen) atoms. The van der Waals surface area contributed by atoms with E-state index in [1.165, 1.54) is 16.6 Å². The van der Waals surface area contributed by atoms with Gasteiger partial charge in [-0.05, 0) is 24.5 Å². The van der Waals surface area contributed by atoms with E-state index in [0.717, 1.165) is 25.3 Å². The molecule has 1 aliphatic heterocycles. The van der Waals surface area contributed by atoms with Gasteiger partial charge in [0.2, 0.25) is 5.89 Å². The summed E-state index contributed by atoms with van der Waals surface area (Å²) >= 11 is 0. The molecule has 4 aromatic rings. The third kappa shape index (κ3) is 2.65. The number of anilines is 1. The number of fused-ring (bicyclic) bond motifs is 2. The van der Waals surface area contributed by atoms with E-state index in [1.807, 2.05) is 6.07 Å². The van der Waals surface area contributed by atoms with Crippen molar-refractivity contribution in [1.29, 1.82) is 0 Å². The number of aromatic nitrogens is 6. The topological polar surface area (TPSA) is 94.9 Å². The molecule has 0 spiro atoms. The molecule has 158 valence electrons. The molecule has 3 aromatic heterocycles. The molecular formula is C22H23N7O2. The summed E-state index contributed by atoms with van der Waals surface area (Å²) in [6.07, 6.45) is 4.15. The first-order valence-corrected chi connectivity index (χ1v) is 10.6. The SMILES string of the molecule is CC[C@@]12CN(c3ccccc3)C[C@@H]1[C@H]2c1noc(Cn2cnc3ncn(C)c3c2=O)n1. The number of hydrogen-bond donors (Lipinski definition) is 0. The molecule has 0 bridgehead atoms. The van der Waals surface area contributed by atoms with E-state index in [1.54, 1.807) is 17.9 Å². The van der Waals surface area contributed by atoms with E-state index >= 15 is 0 Å². The lowest BCUT2D eigenvalue weighted by molar-refractivity contribution is 0.361. The van der Waals surface area contributed by atoms with Crippen molar-refractivity contribution in [2.24, 2.45) is 18.4 Å². The fraction of sp³-hybridized carbons (Fsp3) is 0.409. The summed E-state index contributed by atoms with van der Waals surface area (Å²) in [5, 5.41) is 4.29. The van der Waals surface area contributed by atoms with Gasteiger partial charge in [0.15, 0.2) is 17.0 Å². The molecule has 9 heteroatoms. The summed E-state index contributed by atoms with van der Waals surface area (Å²) in [6, 6.07) is 10.5. The average molecular weight is 417 g/mol. The molecule has 2 fully saturated rings. The van der Waals surface area contributed by atoms with Crippen molar-refractivity contribution in [2.75, 3.05) is 18.0 Å². The molecule has 0 N–H and O–H groups in total. The molecule has 0 unspecified atom stereocenters. The minimum Gasteiger partial charge on any atom is -0.371 e. The second-order valence-electron chi connectivity index (χ2n) is 8.64. The summed E-state index contributed by atoms with van der Waals surface area (Å²) in [7, 11) is 1.78. The molecule has 9 nitrogen and oxygen atoms in total. The molecule has 1 aromatic carbocycles. The third-order valence-electron chi connectivity index (χ3n) is 7.10. The largest absolute Gasteiger partial charge is 0.371 e. The van der Waals surface area contributed by atoms with Gasteiger partial charge in [0.25, 0.3) is 5.56 Å². The van der Waals surface area contributed by atoms with Crippen molar-refractivity contribution in [3.63, 3.8) is 0 Å². The highest BCUT2D eigenvalue weighted by atomic mass is 16.5. The molecule has 4 heterocycles. The monoisotopic (exact) mass is 417 g/mol. The molecule has 1 saturated carbocycles. The van der Waals surface area contributed by atoms with Crippen molar-refractivity contribution < 1.29 is 4.52 Å². The highest BCUT2D eigenvalue weighted by Crippen LogP contribution is 2.70. The van der Waals surface area contributed by atoms with E-state index in [9.17, 15) is 4.79 Å². The van der Waals surface area contributed by atoms with Crippen LogP contribution >= 0.6 is 0 Å². The number of para-hydroxylation sites is 1. The van der Waals surface area contributed by atoms with E-state index in [4.69, 9.17) is 4.52 Å². The Morgan fingerprint density at radius 3 is 2.77 bits per heavy atom. The molecule has 1 saturated heterocycles. The van der Waals surface area contributed by atoms with Gasteiger partial charge < -0.3 is 14.0 Å². The van der Waals surface area contributed by atoms with Crippen LogP contribution in [0.5, 0.6) is 0 Å². The fourth-order valence-electron chi connectivity index (χ4n) is 5.39. The van der Waals surface area contributed by atoms with Gasteiger partial charge in [-0.15, -0.1) is 0 Å². The van der Waals surface area contributed by atoms with Gasteiger partial charge in [0.1, 0.15) is 12.9 Å². The molecule has 6 rings (SSSR count). The Morgan fingerprint density at radius 2 is 2.00 bits per heavy atom. The minimum absolute atomic E-state index is 0.170. The Hall–Kier alpha value is -3.49. The lowest BCUT2D eigenvalue weighted by atomic mass is 9.99. The molecule has 0 amide bonds. The van der Waals surface area contributed by atoms with E-state index in [2.05, 4.69) is 56.2 Å². The van der Waals surface area contributed by atoms with Crippen LogP contribution in [0.25, 0.3) is 11.2 Å². The van der Waals surface area contributed by atoms with Gasteiger partial charge in [0, 0.05) is 37.2 Å². The zero-order valence-electron chi connectivity index (χ0n) is 17.5. The average Bonchev–Trinajstić information content (AvgIpc) is 3.22. The number of benzene rings is 1. The van der Waals surface area contributed by atoms with Crippen molar-refractivity contribution in [3.05, 3.63) is 65.1 Å². The zero-order valence-corrected chi connectivity index (χ0v) is 17.5. The fourth-order valence-corrected chi connectivity index (χ4v) is 5.39. The van der Waals surface area contributed by atoms with Crippen LogP contribution in [0.2, 0.25) is 0 Å². The summed E-state index contributed by atoms with van der Waals surface area (Å²) in [5.41, 5.74) is 2.20. The van der Waals surface area contributed by atoms with Gasteiger partial charge in [-0.25, -0.2) is 9.97 Å². The zero-order chi connectivity index (χ0) is 21.2. The molecule has 3 atom stereocenters. The number of imidazole rings is 1. The lowest BCUT2D eigenvalue weighted by Gasteiger charge is -2.24. The molecule has 0 radical (unpaired) electrons. The molecular weight excluding hydrogens is 394 g/mol. The van der Waals surface area contributed by atoms with Gasteiger partial charge in [-0.1, -0.05) is 30.3 Å². The minimum atomic E-state index is -0.170. The van der Waals surface area contributed by atoms with E-state index in [0.29, 0.717) is 28.9 Å². The highest BCUT2D eigenvalue weighted by molar-refractivity contribution is 5.68. The van der Waals surface area contributed by atoms with Crippen molar-refractivity contribution in [2.45, 2.75) is 25.8 Å². The second kappa shape index (κ2) is 6.50. The van der Waals surface area contributed by atoms with Gasteiger partial charge in [-0.3, -0.25) is 9.36 Å². The van der Waals surface area contributed by atoms with Gasteiger partial charge in [0.05, 0.1) is 6.33 Å². The number of rotatable bonds is 5. The maximum atomic E-state index is 12.8. The quantitative estimate of drug-likeness (QED) is 0.491. The van der Waals surface area contributed by atoms with Crippen LogP contribution in [-0.4, -0.2) is 42.3 Å². The highest BCUT2D eigenvalue weighted by Gasteiger charge is 2.69. The second-order valence-corrected chi connectivity index (χ2v) is 8.64. The van der Waals surface area contributed by atoms with Crippen LogP contribution in [0.4, 0.5) is 5.69 Å². The van der Waals surface area contributed by atoms with Crippen LogP contribution in [0, 0.1) is 11.3 Å². The van der Waals surface area contributed by atoms with Crippen LogP contribution in [0.3, 0.4) is 0 Å². The van der Waals surface area contributed by atoms with Gasteiger partial charge in [-0.2, -0.15) is 4.98 Å². The smallest absolute Gasteiger partial charge is 0.280 e. The number of aryl methyl sites for hydroxylation is 1. The third-order valence-corrected chi connectivity index (χ3v) is 7.10. The first-order chi connectivity index (χ1) is 15.1. The van der Waals surface area contributed by atoms with Crippen LogP contribution in [0.15, 0.2) is 52.3 Å². The van der Waals surface area contributed by atoms with E-state index < -0.39 is 0 Å². The standard InChI is InChI=1S/C22H23N7O2/c1-3-22-11-28(14-7-5-4-6-8-14)9-15(22)17(22)19-25-16(31-26-19)10-29-13-24-20-18(21(29)30)27(2)12-23-20/h4-8,12-13,15,17H,3,9-11H2,1-2H3/t15-,17+,22-/m1/s1. The van der Waals surface area contributed by atoms with E-state index in [-0.39, 0.29) is 17.5 Å². The summed E-state index contributed by atoms with van der Waals surface area (Å²) in [6.45, 7) is 4.46. The maximum absolute atomic E-state index is 12.8. The van der Waals surface area contributed by atoms with Crippen molar-refractivity contribution in [3.8, 4) is 0 Å². The predicted molar refractivity (Wildman–Crippen MR) is 114 cm³/mol. The van der Waals surface area contributed by atoms with Gasteiger partial charge >= 0.3 is 0 Å². The number of piperidine rings is 1. The number of hydrogen-bond acceptors (Lipinski definition) is 7. The Bertz CT molecular complexity index is 1320. The Labute approximate surface area is 178 Å². The normalized spacial score (nSPS) is 24.6. The lowest BCUT2D eigenvalue weighted by Crippen LogP contribution is -2.26. The number of nitrogens with zero attached hydrogens (tertiary/aromatic N) is 7.